The second-order valence-corrected chi connectivity index (χ2v) is 3.87. The molecule has 0 saturated heterocycles. The van der Waals surface area contributed by atoms with Gasteiger partial charge in [0.15, 0.2) is 11.5 Å². The van der Waals surface area contributed by atoms with Crippen molar-refractivity contribution in [2.45, 2.75) is 20.8 Å². The van der Waals surface area contributed by atoms with Gasteiger partial charge in [-0.05, 0) is 20.8 Å². The standard InChI is InChI=1S/C13H15FO5/c1-5-19-13(17)11(16)8-6(2)9(14)7(3)12(18-4)10(8)15/h15H,5H2,1-4H3. The molecule has 0 unspecified atom stereocenters. The summed E-state index contributed by atoms with van der Waals surface area (Å²) in [6, 6.07) is 0. The zero-order valence-electron chi connectivity index (χ0n) is 11.2. The molecule has 0 fully saturated rings. The van der Waals surface area contributed by atoms with Crippen LogP contribution in [0.15, 0.2) is 0 Å². The summed E-state index contributed by atoms with van der Waals surface area (Å²) in [5.74, 6) is -3.68. The third-order valence-electron chi connectivity index (χ3n) is 2.72. The lowest BCUT2D eigenvalue weighted by molar-refractivity contribution is -0.137. The summed E-state index contributed by atoms with van der Waals surface area (Å²) < 4.78 is 23.3. The van der Waals surface area contributed by atoms with Gasteiger partial charge in [-0.2, -0.15) is 0 Å². The highest BCUT2D eigenvalue weighted by Gasteiger charge is 2.29. The number of rotatable bonds is 4. The van der Waals surface area contributed by atoms with Crippen molar-refractivity contribution in [3.63, 3.8) is 0 Å². The summed E-state index contributed by atoms with van der Waals surface area (Å²) in [5.41, 5.74) is -0.481. The van der Waals surface area contributed by atoms with Gasteiger partial charge in [-0.15, -0.1) is 0 Å². The van der Waals surface area contributed by atoms with Crippen molar-refractivity contribution in [1.82, 2.24) is 0 Å². The average Bonchev–Trinajstić information content (AvgIpc) is 2.37. The van der Waals surface area contributed by atoms with Crippen LogP contribution >= 0.6 is 0 Å². The summed E-state index contributed by atoms with van der Waals surface area (Å²) in [7, 11) is 1.23. The molecule has 6 heteroatoms. The Morgan fingerprint density at radius 1 is 1.26 bits per heavy atom. The molecule has 0 spiro atoms. The van der Waals surface area contributed by atoms with Crippen molar-refractivity contribution in [2.24, 2.45) is 0 Å². The van der Waals surface area contributed by atoms with Crippen molar-refractivity contribution < 1.29 is 28.6 Å². The first-order chi connectivity index (χ1) is 8.86. The van der Waals surface area contributed by atoms with Gasteiger partial charge in [-0.3, -0.25) is 4.79 Å². The normalized spacial score (nSPS) is 10.2. The Bertz CT molecular complexity index is 537. The summed E-state index contributed by atoms with van der Waals surface area (Å²) in [6.07, 6.45) is 0. The fourth-order valence-electron chi connectivity index (χ4n) is 1.79. The van der Waals surface area contributed by atoms with Gasteiger partial charge in [-0.1, -0.05) is 0 Å². The molecule has 0 aliphatic carbocycles. The molecule has 1 N–H and O–H groups in total. The number of methoxy groups -OCH3 is 1. The Balaban J connectivity index is 3.48. The highest BCUT2D eigenvalue weighted by Crippen LogP contribution is 2.38. The first-order valence-corrected chi connectivity index (χ1v) is 5.63. The van der Waals surface area contributed by atoms with Crippen molar-refractivity contribution in [2.75, 3.05) is 13.7 Å². The van der Waals surface area contributed by atoms with E-state index in [0.29, 0.717) is 0 Å². The van der Waals surface area contributed by atoms with Crippen LogP contribution in [0.2, 0.25) is 0 Å². The number of ether oxygens (including phenoxy) is 2. The minimum Gasteiger partial charge on any atom is -0.504 e. The molecule has 1 rings (SSSR count). The molecule has 104 valence electrons. The predicted molar refractivity (Wildman–Crippen MR) is 65.1 cm³/mol. The van der Waals surface area contributed by atoms with Crippen LogP contribution in [0, 0.1) is 19.7 Å². The number of hydrogen-bond donors (Lipinski definition) is 1. The Morgan fingerprint density at radius 2 is 1.84 bits per heavy atom. The summed E-state index contributed by atoms with van der Waals surface area (Å²) in [6.45, 7) is 4.25. The highest BCUT2D eigenvalue weighted by atomic mass is 19.1. The van der Waals surface area contributed by atoms with E-state index in [1.807, 2.05) is 0 Å². The largest absolute Gasteiger partial charge is 0.504 e. The minimum absolute atomic E-state index is 0.00978. The molecule has 1 aromatic carbocycles. The molecule has 19 heavy (non-hydrogen) atoms. The number of carbonyl (C=O) groups excluding carboxylic acids is 2. The molecule has 1 aromatic rings. The second-order valence-electron chi connectivity index (χ2n) is 3.87. The highest BCUT2D eigenvalue weighted by molar-refractivity contribution is 6.41. The van der Waals surface area contributed by atoms with Crippen LogP contribution in [0.5, 0.6) is 11.5 Å². The maximum Gasteiger partial charge on any atom is 0.379 e. The Morgan fingerprint density at radius 3 is 2.32 bits per heavy atom. The van der Waals surface area contributed by atoms with Crippen LogP contribution in [0.3, 0.4) is 0 Å². The average molecular weight is 270 g/mol. The fourth-order valence-corrected chi connectivity index (χ4v) is 1.79. The van der Waals surface area contributed by atoms with Gasteiger partial charge in [0.05, 0.1) is 19.3 Å². The van der Waals surface area contributed by atoms with Crippen molar-refractivity contribution in [1.29, 1.82) is 0 Å². The van der Waals surface area contributed by atoms with Gasteiger partial charge in [0, 0.05) is 11.1 Å². The van der Waals surface area contributed by atoms with Gasteiger partial charge in [0.25, 0.3) is 5.78 Å². The van der Waals surface area contributed by atoms with E-state index in [1.54, 1.807) is 0 Å². The SMILES string of the molecule is CCOC(=O)C(=O)c1c(C)c(F)c(C)c(OC)c1O. The van der Waals surface area contributed by atoms with E-state index >= 15 is 0 Å². The Labute approximate surface area is 109 Å². The van der Waals surface area contributed by atoms with E-state index in [-0.39, 0.29) is 23.5 Å². The number of ketones is 1. The predicted octanol–water partition coefficient (Wildman–Crippen LogP) is 1.90. The number of benzene rings is 1. The molecule has 0 aromatic heterocycles. The molecule has 5 nitrogen and oxygen atoms in total. The molecule has 0 aliphatic heterocycles. The van der Waals surface area contributed by atoms with E-state index in [0.717, 1.165) is 0 Å². The number of halogens is 1. The maximum absolute atomic E-state index is 13.9. The molecular weight excluding hydrogens is 255 g/mol. The van der Waals surface area contributed by atoms with E-state index in [9.17, 15) is 19.1 Å². The number of carbonyl (C=O) groups is 2. The van der Waals surface area contributed by atoms with Gasteiger partial charge >= 0.3 is 5.97 Å². The summed E-state index contributed by atoms with van der Waals surface area (Å²) >= 11 is 0. The minimum atomic E-state index is -1.15. The van der Waals surface area contributed by atoms with E-state index in [2.05, 4.69) is 4.74 Å². The fraction of sp³-hybridized carbons (Fsp3) is 0.385. The molecular formula is C13H15FO5. The summed E-state index contributed by atoms with van der Waals surface area (Å²) in [4.78, 5) is 23.2. The van der Waals surface area contributed by atoms with Gasteiger partial charge in [0.2, 0.25) is 0 Å². The van der Waals surface area contributed by atoms with Crippen LogP contribution in [0.25, 0.3) is 0 Å². The molecule has 0 saturated carbocycles. The van der Waals surface area contributed by atoms with Crippen molar-refractivity contribution >= 4 is 11.8 Å². The third-order valence-corrected chi connectivity index (χ3v) is 2.72. The molecule has 0 radical (unpaired) electrons. The molecule has 0 atom stereocenters. The summed E-state index contributed by atoms with van der Waals surface area (Å²) in [5, 5.41) is 9.94. The number of phenols is 1. The number of Topliss-reactive ketones (excluding diaryl/α,β-unsaturated/α-hetero) is 1. The Kier molecular flexibility index (Phi) is 4.47. The van der Waals surface area contributed by atoms with Crippen molar-refractivity contribution in [3.05, 3.63) is 22.5 Å². The smallest absolute Gasteiger partial charge is 0.379 e. The van der Waals surface area contributed by atoms with Crippen LogP contribution in [0.4, 0.5) is 4.39 Å². The zero-order valence-corrected chi connectivity index (χ0v) is 11.2. The first-order valence-electron chi connectivity index (χ1n) is 5.63. The lowest BCUT2D eigenvalue weighted by Gasteiger charge is -2.14. The van der Waals surface area contributed by atoms with Crippen LogP contribution in [0.1, 0.15) is 28.4 Å². The van der Waals surface area contributed by atoms with Gasteiger partial charge in [-0.25, -0.2) is 9.18 Å². The van der Waals surface area contributed by atoms with Gasteiger partial charge in [0.1, 0.15) is 5.82 Å². The molecule has 0 aliphatic rings. The lowest BCUT2D eigenvalue weighted by atomic mass is 9.98. The van der Waals surface area contributed by atoms with Crippen LogP contribution < -0.4 is 4.74 Å². The molecule has 0 bridgehead atoms. The van der Waals surface area contributed by atoms with Crippen LogP contribution in [-0.4, -0.2) is 30.6 Å². The van der Waals surface area contributed by atoms with E-state index in [4.69, 9.17) is 4.74 Å². The monoisotopic (exact) mass is 270 g/mol. The Hall–Kier alpha value is -2.11. The van der Waals surface area contributed by atoms with Crippen molar-refractivity contribution in [3.8, 4) is 11.5 Å². The number of phenolic OH excluding ortho intramolecular Hbond substituents is 1. The lowest BCUT2D eigenvalue weighted by Crippen LogP contribution is -2.19. The second kappa shape index (κ2) is 5.69. The number of hydrogen-bond acceptors (Lipinski definition) is 5. The maximum atomic E-state index is 13.9. The number of esters is 1. The molecule has 0 amide bonds. The van der Waals surface area contributed by atoms with Crippen LogP contribution in [-0.2, 0) is 9.53 Å². The quantitative estimate of drug-likeness (QED) is 0.514. The first kappa shape index (κ1) is 14.9. The van der Waals surface area contributed by atoms with E-state index < -0.39 is 28.9 Å². The molecule has 0 heterocycles. The zero-order chi connectivity index (χ0) is 14.7. The number of aromatic hydroxyl groups is 1. The topological polar surface area (TPSA) is 72.8 Å². The van der Waals surface area contributed by atoms with E-state index in [1.165, 1.54) is 27.9 Å². The van der Waals surface area contributed by atoms with Gasteiger partial charge < -0.3 is 14.6 Å². The third kappa shape index (κ3) is 2.52.